The van der Waals surface area contributed by atoms with Crippen LogP contribution in [0.15, 0.2) is 35.3 Å². The van der Waals surface area contributed by atoms with Crippen molar-refractivity contribution in [3.05, 3.63) is 52.1 Å². The summed E-state index contributed by atoms with van der Waals surface area (Å²) in [6.45, 7) is 0.390. The second-order valence-corrected chi connectivity index (χ2v) is 7.39. The second-order valence-electron chi connectivity index (χ2n) is 7.39. The molecule has 0 saturated heterocycles. The van der Waals surface area contributed by atoms with Gasteiger partial charge >= 0.3 is 5.97 Å². The molecule has 2 aromatic heterocycles. The van der Waals surface area contributed by atoms with Gasteiger partial charge in [0, 0.05) is 17.7 Å². The van der Waals surface area contributed by atoms with E-state index in [-0.39, 0.29) is 69.2 Å². The number of carboxylic acids is 1. The highest BCUT2D eigenvalue weighted by molar-refractivity contribution is 5.97. The number of hydrogen-bond acceptors (Lipinski definition) is 10. The van der Waals surface area contributed by atoms with Gasteiger partial charge in [0.15, 0.2) is 11.2 Å². The Morgan fingerprint density at radius 2 is 1.83 bits per heavy atom. The lowest BCUT2D eigenvalue weighted by atomic mass is 10.1. The van der Waals surface area contributed by atoms with Gasteiger partial charge in [-0.1, -0.05) is 14.9 Å². The van der Waals surface area contributed by atoms with E-state index >= 15 is 0 Å². The number of aromatic nitrogens is 4. The molecule has 0 aliphatic carbocycles. The number of carbonyl (C=O) groups is 3. The van der Waals surface area contributed by atoms with Gasteiger partial charge < -0.3 is 26.8 Å². The number of H-pyrrole nitrogens is 1. The Bertz CT molecular complexity index is 1260. The van der Waals surface area contributed by atoms with Crippen LogP contribution in [0.2, 0.25) is 0 Å². The number of likely N-dealkylation sites (N-methyl/N-ethyl adjacent to an activating group) is 1. The van der Waals surface area contributed by atoms with Gasteiger partial charge in [-0.2, -0.15) is 4.98 Å². The number of nitrogens with one attached hydrogen (secondary N) is 4. The quantitative estimate of drug-likeness (QED) is 0.218. The van der Waals surface area contributed by atoms with Crippen LogP contribution in [-0.4, -0.2) is 62.3 Å². The van der Waals surface area contributed by atoms with Crippen LogP contribution in [0.3, 0.4) is 0 Å². The van der Waals surface area contributed by atoms with Crippen molar-refractivity contribution in [2.45, 2.75) is 40.3 Å². The molecule has 3 aromatic rings. The lowest BCUT2D eigenvalue weighted by Gasteiger charge is -2.14. The van der Waals surface area contributed by atoms with Crippen molar-refractivity contribution in [3.63, 3.8) is 0 Å². The Morgan fingerprint density at radius 1 is 1.14 bits per heavy atom. The van der Waals surface area contributed by atoms with E-state index < -0.39 is 23.5 Å². The molecule has 0 fully saturated rings. The van der Waals surface area contributed by atoms with Crippen LogP contribution in [0.25, 0.3) is 11.2 Å². The number of nitrogens with two attached hydrogens (primary N) is 1. The standard InChI is InChI=1S/C21H24N8O5.2CH4/c1-23-10-14(30)6-7-15(20(33)34)27-18(31)11-2-4-12(5-3-11)24-8-13-9-25-17-16(26-13)19(32)29-21(22)28-17;;/h2-5,9,15,23-24H,6-8,10H2,1H3,(H,27,31)(H,33,34)(H3,22,25,28,29,32);2*1H4. The maximum absolute atomic E-state index is 12.4. The van der Waals surface area contributed by atoms with Crippen LogP contribution in [-0.2, 0) is 16.1 Å². The van der Waals surface area contributed by atoms with E-state index in [4.69, 9.17) is 5.73 Å². The first kappa shape index (κ1) is 29.6. The minimum Gasteiger partial charge on any atom is -0.480 e. The highest BCUT2D eigenvalue weighted by Gasteiger charge is 2.21. The van der Waals surface area contributed by atoms with E-state index in [0.717, 1.165) is 0 Å². The maximum Gasteiger partial charge on any atom is 0.326 e. The second kappa shape index (κ2) is 13.5. The Morgan fingerprint density at radius 3 is 2.47 bits per heavy atom. The normalized spacial score (nSPS) is 11.0. The fraction of sp³-hybridized carbons (Fsp3) is 0.348. The number of rotatable bonds is 11. The molecule has 1 aromatic carbocycles. The molecule has 194 valence electrons. The first-order valence-electron chi connectivity index (χ1n) is 10.3. The topological polar surface area (TPSA) is 205 Å². The Balaban J connectivity index is 0.00000324. The van der Waals surface area contributed by atoms with E-state index in [0.29, 0.717) is 11.4 Å². The third-order valence-electron chi connectivity index (χ3n) is 4.80. The Kier molecular flexibility index (Phi) is 11.1. The summed E-state index contributed by atoms with van der Waals surface area (Å²) >= 11 is 0. The predicted octanol–water partition coefficient (Wildman–Crippen LogP) is 0.931. The molecule has 0 saturated carbocycles. The van der Waals surface area contributed by atoms with Crippen LogP contribution < -0.4 is 27.2 Å². The first-order chi connectivity index (χ1) is 16.3. The zero-order chi connectivity index (χ0) is 24.7. The molecule has 7 N–H and O–H groups in total. The van der Waals surface area contributed by atoms with E-state index in [2.05, 4.69) is 35.9 Å². The molecular weight excluding hydrogens is 468 g/mol. The van der Waals surface area contributed by atoms with Crippen molar-refractivity contribution in [1.29, 1.82) is 0 Å². The molecule has 0 spiro atoms. The summed E-state index contributed by atoms with van der Waals surface area (Å²) in [5.41, 5.74) is 6.63. The fourth-order valence-corrected chi connectivity index (χ4v) is 3.08. The van der Waals surface area contributed by atoms with Gasteiger partial charge in [-0.3, -0.25) is 19.4 Å². The van der Waals surface area contributed by atoms with Gasteiger partial charge in [0.05, 0.1) is 25.0 Å². The smallest absolute Gasteiger partial charge is 0.326 e. The van der Waals surface area contributed by atoms with Crippen molar-refractivity contribution in [2.24, 2.45) is 0 Å². The van der Waals surface area contributed by atoms with Gasteiger partial charge in [0.2, 0.25) is 5.95 Å². The highest BCUT2D eigenvalue weighted by atomic mass is 16.4. The number of aromatic amines is 1. The van der Waals surface area contributed by atoms with Crippen molar-refractivity contribution in [2.75, 3.05) is 24.6 Å². The molecule has 1 amide bonds. The van der Waals surface area contributed by atoms with E-state index in [1.807, 2.05) is 0 Å². The Labute approximate surface area is 208 Å². The minimum absolute atomic E-state index is 0. The van der Waals surface area contributed by atoms with Crippen LogP contribution in [0.1, 0.15) is 43.7 Å². The van der Waals surface area contributed by atoms with E-state index in [9.17, 15) is 24.3 Å². The molecule has 2 heterocycles. The van der Waals surface area contributed by atoms with E-state index in [1.165, 1.54) is 18.3 Å². The summed E-state index contributed by atoms with van der Waals surface area (Å²) in [7, 11) is 1.62. The van der Waals surface area contributed by atoms with Crippen molar-refractivity contribution >= 4 is 40.5 Å². The summed E-state index contributed by atoms with van der Waals surface area (Å²) in [5.74, 6) is -1.96. The third kappa shape index (κ3) is 7.84. The Hall–Kier alpha value is -4.39. The minimum atomic E-state index is -1.21. The number of fused-ring (bicyclic) bond motifs is 1. The number of amides is 1. The summed E-state index contributed by atoms with van der Waals surface area (Å²) in [5, 5.41) is 17.6. The maximum atomic E-state index is 12.4. The predicted molar refractivity (Wildman–Crippen MR) is 137 cm³/mol. The number of nitrogen functional groups attached to an aromatic ring is 1. The van der Waals surface area contributed by atoms with Crippen LogP contribution in [0.5, 0.6) is 0 Å². The van der Waals surface area contributed by atoms with Crippen LogP contribution in [0, 0.1) is 0 Å². The van der Waals surface area contributed by atoms with Crippen LogP contribution >= 0.6 is 0 Å². The number of carbonyl (C=O) groups excluding carboxylic acids is 2. The number of Topliss-reactive ketones (excluding diaryl/α,β-unsaturated/α-hetero) is 1. The van der Waals surface area contributed by atoms with Gasteiger partial charge in [-0.05, 0) is 37.7 Å². The average Bonchev–Trinajstić information content (AvgIpc) is 2.80. The summed E-state index contributed by atoms with van der Waals surface area (Å²) < 4.78 is 0. The van der Waals surface area contributed by atoms with Crippen molar-refractivity contribution in [3.8, 4) is 0 Å². The van der Waals surface area contributed by atoms with Gasteiger partial charge in [0.1, 0.15) is 11.8 Å². The SMILES string of the molecule is C.C.CNCC(=O)CCC(NC(=O)c1ccc(NCc2cnc3nc(N)[nH]c(=O)c3n2)cc1)C(=O)O. The molecule has 13 nitrogen and oxygen atoms in total. The van der Waals surface area contributed by atoms with E-state index in [1.54, 1.807) is 19.2 Å². The van der Waals surface area contributed by atoms with Crippen molar-refractivity contribution in [1.82, 2.24) is 30.6 Å². The average molecular weight is 501 g/mol. The number of anilines is 2. The summed E-state index contributed by atoms with van der Waals surface area (Å²) in [6, 6.07) is 5.18. The molecule has 13 heteroatoms. The van der Waals surface area contributed by atoms with Crippen LogP contribution in [0.4, 0.5) is 11.6 Å². The van der Waals surface area contributed by atoms with Gasteiger partial charge in [0.25, 0.3) is 11.5 Å². The van der Waals surface area contributed by atoms with Crippen molar-refractivity contribution < 1.29 is 19.5 Å². The molecule has 3 rings (SSSR count). The fourth-order valence-electron chi connectivity index (χ4n) is 3.08. The third-order valence-corrected chi connectivity index (χ3v) is 4.80. The molecular formula is C23H32N8O5. The highest BCUT2D eigenvalue weighted by Crippen LogP contribution is 2.12. The number of nitrogens with zero attached hydrogens (tertiary/aromatic N) is 3. The summed E-state index contributed by atoms with van der Waals surface area (Å²) in [6.07, 6.45) is 1.50. The molecule has 0 radical (unpaired) electrons. The summed E-state index contributed by atoms with van der Waals surface area (Å²) in [4.78, 5) is 62.1. The zero-order valence-corrected chi connectivity index (χ0v) is 18.3. The monoisotopic (exact) mass is 500 g/mol. The molecule has 0 aliphatic rings. The molecule has 36 heavy (non-hydrogen) atoms. The van der Waals surface area contributed by atoms with Gasteiger partial charge in [-0.15, -0.1) is 0 Å². The zero-order valence-electron chi connectivity index (χ0n) is 18.3. The number of aliphatic carboxylic acids is 1. The molecule has 0 bridgehead atoms. The lowest BCUT2D eigenvalue weighted by molar-refractivity contribution is -0.139. The number of ketones is 1. The first-order valence-corrected chi connectivity index (χ1v) is 10.3. The molecule has 0 aliphatic heterocycles. The number of benzene rings is 1. The largest absolute Gasteiger partial charge is 0.480 e. The molecule has 1 unspecified atom stereocenters. The number of hydrogen-bond donors (Lipinski definition) is 6. The lowest BCUT2D eigenvalue weighted by Crippen LogP contribution is -2.41. The molecule has 1 atom stereocenters. The number of carboxylic acid groups (broad SMARTS) is 1. The van der Waals surface area contributed by atoms with Gasteiger partial charge in [-0.25, -0.2) is 14.8 Å².